The molecule has 24 heavy (non-hydrogen) atoms. The first-order valence-electron chi connectivity index (χ1n) is 7.71. The van der Waals surface area contributed by atoms with Crippen molar-refractivity contribution in [2.45, 2.75) is 59.2 Å². The van der Waals surface area contributed by atoms with Crippen molar-refractivity contribution in [2.75, 3.05) is 7.11 Å². The van der Waals surface area contributed by atoms with Gasteiger partial charge in [0.15, 0.2) is 0 Å². The second-order valence-corrected chi connectivity index (χ2v) is 7.52. The number of esters is 1. The maximum absolute atomic E-state index is 13.4. The van der Waals surface area contributed by atoms with E-state index in [1.165, 1.54) is 19.2 Å². The van der Waals surface area contributed by atoms with Crippen LogP contribution < -0.4 is 0 Å². The first-order valence-corrected chi connectivity index (χ1v) is 7.71. The lowest BCUT2D eigenvalue weighted by atomic mass is 9.97. The fourth-order valence-corrected chi connectivity index (χ4v) is 2.73. The molecule has 0 saturated heterocycles. The summed E-state index contributed by atoms with van der Waals surface area (Å²) in [4.78, 5) is 25.9. The van der Waals surface area contributed by atoms with Gasteiger partial charge in [-0.05, 0) is 53.7 Å². The maximum atomic E-state index is 13.4. The molecule has 0 spiro atoms. The van der Waals surface area contributed by atoms with Gasteiger partial charge in [-0.25, -0.2) is 14.0 Å². The van der Waals surface area contributed by atoms with Gasteiger partial charge in [0.25, 0.3) is 0 Å². The van der Waals surface area contributed by atoms with Gasteiger partial charge in [-0.2, -0.15) is 0 Å². The first-order chi connectivity index (χ1) is 10.9. The predicted octanol–water partition coefficient (Wildman–Crippen LogP) is 4.15. The van der Waals surface area contributed by atoms with Gasteiger partial charge in [0, 0.05) is 16.6 Å². The van der Waals surface area contributed by atoms with E-state index in [4.69, 9.17) is 4.74 Å². The third-order valence-electron chi connectivity index (χ3n) is 3.35. The van der Waals surface area contributed by atoms with Crippen LogP contribution in [-0.2, 0) is 16.1 Å². The zero-order valence-electron chi connectivity index (χ0n) is 15.4. The minimum Gasteiger partial charge on any atom is -0.465 e. The minimum absolute atomic E-state index is 0.0448. The molecular formula is C18H26FNO4. The van der Waals surface area contributed by atoms with Crippen LogP contribution in [0.4, 0.5) is 9.18 Å². The van der Waals surface area contributed by atoms with Crippen LogP contribution >= 0.6 is 0 Å². The highest BCUT2D eigenvalue weighted by molar-refractivity contribution is 5.91. The van der Waals surface area contributed by atoms with Crippen molar-refractivity contribution in [3.05, 3.63) is 35.1 Å². The Morgan fingerprint density at radius 1 is 1.08 bits per heavy atom. The zero-order valence-corrected chi connectivity index (χ0v) is 15.4. The third kappa shape index (κ3) is 4.94. The van der Waals surface area contributed by atoms with Crippen molar-refractivity contribution in [3.8, 4) is 0 Å². The molecule has 0 aliphatic carbocycles. The highest BCUT2D eigenvalue weighted by Gasteiger charge is 2.36. The molecule has 0 atom stereocenters. The lowest BCUT2D eigenvalue weighted by Crippen LogP contribution is -2.55. The number of ether oxygens (including phenoxy) is 2. The minimum atomic E-state index is -0.677. The molecule has 0 heterocycles. The van der Waals surface area contributed by atoms with Crippen molar-refractivity contribution in [1.82, 2.24) is 4.90 Å². The Labute approximate surface area is 142 Å². The monoisotopic (exact) mass is 339 g/mol. The molecule has 0 saturated carbocycles. The average Bonchev–Trinajstić information content (AvgIpc) is 2.41. The van der Waals surface area contributed by atoms with Gasteiger partial charge >= 0.3 is 12.1 Å². The molecule has 1 aromatic rings. The number of benzene rings is 1. The molecule has 0 aliphatic heterocycles. The molecule has 6 heteroatoms. The van der Waals surface area contributed by atoms with E-state index in [1.807, 2.05) is 41.5 Å². The zero-order chi connectivity index (χ0) is 18.7. The SMILES string of the molecule is COC(=O)c1cc(F)ccc1COC(=O)N(C(C)(C)C)C(C)(C)C. The van der Waals surface area contributed by atoms with Crippen molar-refractivity contribution >= 4 is 12.1 Å². The number of rotatable bonds is 3. The predicted molar refractivity (Wildman–Crippen MR) is 89.3 cm³/mol. The molecule has 1 amide bonds. The number of carbonyl (C=O) groups excluding carboxylic acids is 2. The number of hydrogen-bond donors (Lipinski definition) is 0. The Morgan fingerprint density at radius 3 is 2.08 bits per heavy atom. The van der Waals surface area contributed by atoms with Gasteiger partial charge in [-0.3, -0.25) is 4.90 Å². The normalized spacial score (nSPS) is 11.8. The van der Waals surface area contributed by atoms with Crippen molar-refractivity contribution < 1.29 is 23.5 Å². The molecule has 0 radical (unpaired) electrons. The van der Waals surface area contributed by atoms with Gasteiger partial charge in [-0.1, -0.05) is 6.07 Å². The maximum Gasteiger partial charge on any atom is 0.410 e. The quantitative estimate of drug-likeness (QED) is 0.776. The lowest BCUT2D eigenvalue weighted by Gasteiger charge is -2.44. The van der Waals surface area contributed by atoms with Gasteiger partial charge in [-0.15, -0.1) is 0 Å². The summed E-state index contributed by atoms with van der Waals surface area (Å²) in [7, 11) is 1.21. The average molecular weight is 339 g/mol. The molecule has 0 aromatic heterocycles. The summed E-state index contributed by atoms with van der Waals surface area (Å²) < 4.78 is 23.4. The van der Waals surface area contributed by atoms with Crippen LogP contribution in [0, 0.1) is 5.82 Å². The van der Waals surface area contributed by atoms with E-state index in [-0.39, 0.29) is 12.2 Å². The molecule has 0 N–H and O–H groups in total. The number of carbonyl (C=O) groups is 2. The van der Waals surface area contributed by atoms with E-state index in [9.17, 15) is 14.0 Å². The molecule has 0 unspecified atom stereocenters. The van der Waals surface area contributed by atoms with Crippen LogP contribution in [0.1, 0.15) is 57.5 Å². The summed E-state index contributed by atoms with van der Waals surface area (Å²) in [6, 6.07) is 3.69. The van der Waals surface area contributed by atoms with E-state index in [1.54, 1.807) is 4.90 Å². The molecule has 0 fully saturated rings. The topological polar surface area (TPSA) is 55.8 Å². The number of amides is 1. The summed E-state index contributed by atoms with van der Waals surface area (Å²) in [5, 5.41) is 0. The fourth-order valence-electron chi connectivity index (χ4n) is 2.73. The van der Waals surface area contributed by atoms with Crippen molar-refractivity contribution in [3.63, 3.8) is 0 Å². The van der Waals surface area contributed by atoms with Crippen LogP contribution in [0.15, 0.2) is 18.2 Å². The second-order valence-electron chi connectivity index (χ2n) is 7.52. The number of halogens is 1. The molecule has 1 aromatic carbocycles. The van der Waals surface area contributed by atoms with Gasteiger partial charge in [0.2, 0.25) is 0 Å². The molecule has 134 valence electrons. The van der Waals surface area contributed by atoms with E-state index in [0.717, 1.165) is 6.07 Å². The Kier molecular flexibility index (Phi) is 5.98. The standard InChI is InChI=1S/C18H26FNO4/c1-17(2,3)20(18(4,5)6)16(22)24-11-12-8-9-13(19)10-14(12)15(21)23-7/h8-10H,11H2,1-7H3. The molecular weight excluding hydrogens is 313 g/mol. The van der Waals surface area contributed by atoms with Crippen molar-refractivity contribution in [2.24, 2.45) is 0 Å². The van der Waals surface area contributed by atoms with Crippen LogP contribution in [0.3, 0.4) is 0 Å². The van der Waals surface area contributed by atoms with Gasteiger partial charge in [0.1, 0.15) is 12.4 Å². The van der Waals surface area contributed by atoms with Crippen LogP contribution in [0.25, 0.3) is 0 Å². The Hall–Kier alpha value is -2.11. The summed E-state index contributed by atoms with van der Waals surface area (Å²) in [5.74, 6) is -1.24. The van der Waals surface area contributed by atoms with E-state index >= 15 is 0 Å². The summed E-state index contributed by atoms with van der Waals surface area (Å²) in [6.45, 7) is 11.3. The molecule has 0 bridgehead atoms. The van der Waals surface area contributed by atoms with E-state index < -0.39 is 29.0 Å². The molecule has 0 aliphatic rings. The van der Waals surface area contributed by atoms with Crippen molar-refractivity contribution in [1.29, 1.82) is 0 Å². The number of hydrogen-bond acceptors (Lipinski definition) is 4. The summed E-state index contributed by atoms with van der Waals surface area (Å²) in [6.07, 6.45) is -0.504. The van der Waals surface area contributed by atoms with Crippen LogP contribution in [-0.4, -0.2) is 35.2 Å². The highest BCUT2D eigenvalue weighted by atomic mass is 19.1. The molecule has 1 rings (SSSR count). The Bertz CT molecular complexity index is 600. The molecule has 5 nitrogen and oxygen atoms in total. The summed E-state index contributed by atoms with van der Waals surface area (Å²) >= 11 is 0. The van der Waals surface area contributed by atoms with Gasteiger partial charge in [0.05, 0.1) is 12.7 Å². The Morgan fingerprint density at radius 2 is 1.62 bits per heavy atom. The van der Waals surface area contributed by atoms with Crippen LogP contribution in [0.5, 0.6) is 0 Å². The third-order valence-corrected chi connectivity index (χ3v) is 3.35. The van der Waals surface area contributed by atoms with Gasteiger partial charge < -0.3 is 9.47 Å². The largest absolute Gasteiger partial charge is 0.465 e. The lowest BCUT2D eigenvalue weighted by molar-refractivity contribution is 0.0166. The fraction of sp³-hybridized carbons (Fsp3) is 0.556. The van der Waals surface area contributed by atoms with E-state index in [0.29, 0.717) is 5.56 Å². The Balaban J connectivity index is 3.00. The first kappa shape index (κ1) is 19.9. The second kappa shape index (κ2) is 7.20. The number of nitrogens with zero attached hydrogens (tertiary/aromatic N) is 1. The smallest absolute Gasteiger partial charge is 0.410 e. The summed E-state index contributed by atoms with van der Waals surface area (Å²) in [5.41, 5.74) is -0.449. The van der Waals surface area contributed by atoms with E-state index in [2.05, 4.69) is 4.74 Å². The van der Waals surface area contributed by atoms with Crippen LogP contribution in [0.2, 0.25) is 0 Å². The highest BCUT2D eigenvalue weighted by Crippen LogP contribution is 2.26. The number of methoxy groups -OCH3 is 1.